The Morgan fingerprint density at radius 2 is 2.35 bits per heavy atom. The minimum absolute atomic E-state index is 0.0757. The molecule has 1 aliphatic heterocycles. The van der Waals surface area contributed by atoms with Crippen LogP contribution >= 0.6 is 0 Å². The molecule has 0 amide bonds. The first-order valence-corrected chi connectivity index (χ1v) is 6.51. The van der Waals surface area contributed by atoms with Gasteiger partial charge >= 0.3 is 5.97 Å². The number of esters is 1. The van der Waals surface area contributed by atoms with Crippen molar-refractivity contribution in [1.29, 1.82) is 0 Å². The molecule has 110 valence electrons. The zero-order valence-electron chi connectivity index (χ0n) is 11.8. The summed E-state index contributed by atoms with van der Waals surface area (Å²) in [5.74, 6) is 0.134. The van der Waals surface area contributed by atoms with E-state index in [1.165, 1.54) is 7.11 Å². The maximum Gasteiger partial charge on any atom is 0.338 e. The van der Waals surface area contributed by atoms with E-state index in [-0.39, 0.29) is 12.7 Å². The molecule has 2 N–H and O–H groups in total. The molecule has 1 saturated heterocycles. The first-order chi connectivity index (χ1) is 9.60. The summed E-state index contributed by atoms with van der Waals surface area (Å²) in [5.41, 5.74) is 6.58. The van der Waals surface area contributed by atoms with E-state index in [1.54, 1.807) is 18.2 Å². The van der Waals surface area contributed by atoms with E-state index in [2.05, 4.69) is 4.90 Å². The van der Waals surface area contributed by atoms with Crippen molar-refractivity contribution in [3.8, 4) is 5.75 Å². The second-order valence-corrected chi connectivity index (χ2v) is 4.81. The van der Waals surface area contributed by atoms with Gasteiger partial charge in [-0.1, -0.05) is 0 Å². The predicted molar refractivity (Wildman–Crippen MR) is 74.9 cm³/mol. The lowest BCUT2D eigenvalue weighted by Gasteiger charge is -2.29. The zero-order valence-corrected chi connectivity index (χ0v) is 11.8. The average molecular weight is 280 g/mol. The van der Waals surface area contributed by atoms with Crippen LogP contribution in [0.3, 0.4) is 0 Å². The molecular weight excluding hydrogens is 260 g/mol. The molecular formula is C14H20N2O4. The average Bonchev–Trinajstić information content (AvgIpc) is 2.44. The van der Waals surface area contributed by atoms with Crippen LogP contribution in [0.1, 0.15) is 10.4 Å². The number of nitrogens with two attached hydrogens (primary N) is 1. The predicted octanol–water partition coefficient (Wildman–Crippen LogP) is 0.765. The van der Waals surface area contributed by atoms with E-state index in [1.807, 2.05) is 7.05 Å². The van der Waals surface area contributed by atoms with Crippen LogP contribution in [0.5, 0.6) is 5.75 Å². The Kier molecular flexibility index (Phi) is 4.81. The van der Waals surface area contributed by atoms with E-state index in [9.17, 15) is 4.79 Å². The Labute approximate surface area is 118 Å². The van der Waals surface area contributed by atoms with Crippen molar-refractivity contribution in [2.24, 2.45) is 0 Å². The number of nitrogen functional groups attached to an aromatic ring is 1. The number of carbonyl (C=O) groups excluding carboxylic acids is 1. The number of hydrogen-bond acceptors (Lipinski definition) is 6. The van der Waals surface area contributed by atoms with Gasteiger partial charge in [0, 0.05) is 13.1 Å². The lowest BCUT2D eigenvalue weighted by Crippen LogP contribution is -2.42. The van der Waals surface area contributed by atoms with Gasteiger partial charge in [-0.2, -0.15) is 0 Å². The van der Waals surface area contributed by atoms with Gasteiger partial charge in [0.2, 0.25) is 0 Å². The molecule has 1 unspecified atom stereocenters. The second kappa shape index (κ2) is 6.58. The third-order valence-electron chi connectivity index (χ3n) is 3.21. The fourth-order valence-corrected chi connectivity index (χ4v) is 2.08. The molecule has 1 aliphatic rings. The van der Waals surface area contributed by atoms with Crippen molar-refractivity contribution in [1.82, 2.24) is 4.90 Å². The van der Waals surface area contributed by atoms with Crippen LogP contribution in [0.4, 0.5) is 5.69 Å². The summed E-state index contributed by atoms with van der Waals surface area (Å²) in [7, 11) is 3.54. The number of morpholine rings is 1. The summed E-state index contributed by atoms with van der Waals surface area (Å²) >= 11 is 0. The van der Waals surface area contributed by atoms with Crippen LogP contribution < -0.4 is 10.5 Å². The van der Waals surface area contributed by atoms with Crippen molar-refractivity contribution in [3.63, 3.8) is 0 Å². The molecule has 0 bridgehead atoms. The van der Waals surface area contributed by atoms with Gasteiger partial charge in [0.05, 0.1) is 25.0 Å². The molecule has 1 aromatic rings. The van der Waals surface area contributed by atoms with Crippen molar-refractivity contribution < 1.29 is 19.0 Å². The molecule has 20 heavy (non-hydrogen) atoms. The third-order valence-corrected chi connectivity index (χ3v) is 3.21. The summed E-state index contributed by atoms with van der Waals surface area (Å²) < 4.78 is 15.8. The molecule has 1 fully saturated rings. The molecule has 0 aromatic heterocycles. The Bertz CT molecular complexity index is 478. The molecule has 6 heteroatoms. The molecule has 0 spiro atoms. The van der Waals surface area contributed by atoms with Crippen LogP contribution in [0.15, 0.2) is 18.2 Å². The summed E-state index contributed by atoms with van der Waals surface area (Å²) in [5, 5.41) is 0. The van der Waals surface area contributed by atoms with Gasteiger partial charge in [-0.3, -0.25) is 0 Å². The van der Waals surface area contributed by atoms with Crippen molar-refractivity contribution >= 4 is 11.7 Å². The molecule has 1 atom stereocenters. The number of anilines is 1. The van der Waals surface area contributed by atoms with Gasteiger partial charge in [0.25, 0.3) is 0 Å². The Hall–Kier alpha value is -1.79. The number of likely N-dealkylation sites (N-methyl/N-ethyl adjacent to an activating group) is 1. The largest absolute Gasteiger partial charge is 0.495 e. The molecule has 0 saturated carbocycles. The molecule has 2 rings (SSSR count). The van der Waals surface area contributed by atoms with Gasteiger partial charge in [0.15, 0.2) is 0 Å². The van der Waals surface area contributed by atoms with Gasteiger partial charge < -0.3 is 24.8 Å². The quantitative estimate of drug-likeness (QED) is 0.648. The summed E-state index contributed by atoms with van der Waals surface area (Å²) in [6.07, 6.45) is -0.0757. The monoisotopic (exact) mass is 280 g/mol. The highest BCUT2D eigenvalue weighted by Gasteiger charge is 2.20. The van der Waals surface area contributed by atoms with Gasteiger partial charge in [-0.15, -0.1) is 0 Å². The summed E-state index contributed by atoms with van der Waals surface area (Å²) in [6.45, 7) is 2.57. The zero-order chi connectivity index (χ0) is 14.5. The van der Waals surface area contributed by atoms with E-state index in [0.717, 1.165) is 13.1 Å². The van der Waals surface area contributed by atoms with Gasteiger partial charge in [-0.05, 0) is 25.2 Å². The molecule has 0 aliphatic carbocycles. The fraction of sp³-hybridized carbons (Fsp3) is 0.500. The molecule has 1 aromatic carbocycles. The first kappa shape index (κ1) is 14.6. The van der Waals surface area contributed by atoms with Crippen molar-refractivity contribution in [3.05, 3.63) is 23.8 Å². The van der Waals surface area contributed by atoms with Crippen LogP contribution in [0.25, 0.3) is 0 Å². The fourth-order valence-electron chi connectivity index (χ4n) is 2.08. The number of ether oxygens (including phenoxy) is 3. The first-order valence-electron chi connectivity index (χ1n) is 6.51. The number of carbonyl (C=O) groups is 1. The number of benzene rings is 1. The Morgan fingerprint density at radius 3 is 3.00 bits per heavy atom. The highest BCUT2D eigenvalue weighted by molar-refractivity contribution is 5.91. The lowest BCUT2D eigenvalue weighted by molar-refractivity contribution is -0.0528. The van der Waals surface area contributed by atoms with Crippen LogP contribution in [0.2, 0.25) is 0 Å². The smallest absolute Gasteiger partial charge is 0.338 e. The van der Waals surface area contributed by atoms with E-state index >= 15 is 0 Å². The third kappa shape index (κ3) is 3.61. The second-order valence-electron chi connectivity index (χ2n) is 4.81. The molecule has 6 nitrogen and oxygen atoms in total. The normalized spacial score (nSPS) is 19.6. The number of nitrogens with zero attached hydrogens (tertiary/aromatic N) is 1. The standard InChI is InChI=1S/C14H20N2O4/c1-16-5-6-19-11(8-16)9-20-14(17)10-3-4-13(18-2)12(15)7-10/h3-4,7,11H,5-6,8-9,15H2,1-2H3. The van der Waals surface area contributed by atoms with Crippen molar-refractivity contribution in [2.45, 2.75) is 6.10 Å². The highest BCUT2D eigenvalue weighted by atomic mass is 16.6. The molecule has 1 heterocycles. The van der Waals surface area contributed by atoms with Gasteiger partial charge in [0.1, 0.15) is 18.5 Å². The van der Waals surface area contributed by atoms with Crippen LogP contribution in [-0.2, 0) is 9.47 Å². The maximum absolute atomic E-state index is 11.9. The number of hydrogen-bond donors (Lipinski definition) is 1. The summed E-state index contributed by atoms with van der Waals surface area (Å²) in [4.78, 5) is 14.1. The van der Waals surface area contributed by atoms with Crippen molar-refractivity contribution in [2.75, 3.05) is 46.2 Å². The Balaban J connectivity index is 1.90. The SMILES string of the molecule is COc1ccc(C(=O)OCC2CN(C)CCO2)cc1N. The minimum atomic E-state index is -0.406. The maximum atomic E-state index is 11.9. The van der Waals surface area contributed by atoms with E-state index < -0.39 is 5.97 Å². The number of methoxy groups -OCH3 is 1. The highest BCUT2D eigenvalue weighted by Crippen LogP contribution is 2.22. The Morgan fingerprint density at radius 1 is 1.55 bits per heavy atom. The van der Waals surface area contributed by atoms with Crippen LogP contribution in [0, 0.1) is 0 Å². The van der Waals surface area contributed by atoms with E-state index in [0.29, 0.717) is 23.6 Å². The van der Waals surface area contributed by atoms with E-state index in [4.69, 9.17) is 19.9 Å². The van der Waals surface area contributed by atoms with Gasteiger partial charge in [-0.25, -0.2) is 4.79 Å². The lowest BCUT2D eigenvalue weighted by atomic mass is 10.2. The van der Waals surface area contributed by atoms with Crippen LogP contribution in [-0.4, -0.2) is 57.4 Å². The minimum Gasteiger partial charge on any atom is -0.495 e. The molecule has 0 radical (unpaired) electrons. The number of rotatable bonds is 4. The topological polar surface area (TPSA) is 74.0 Å². The summed E-state index contributed by atoms with van der Waals surface area (Å²) in [6, 6.07) is 4.83.